The van der Waals surface area contributed by atoms with Gasteiger partial charge in [-0.3, -0.25) is 4.98 Å². The van der Waals surface area contributed by atoms with Gasteiger partial charge in [0.1, 0.15) is 16.3 Å². The first-order valence-corrected chi connectivity index (χ1v) is 8.21. The van der Waals surface area contributed by atoms with Gasteiger partial charge >= 0.3 is 0 Å². The van der Waals surface area contributed by atoms with E-state index in [2.05, 4.69) is 32.6 Å². The first-order valence-electron chi connectivity index (χ1n) is 5.29. The van der Waals surface area contributed by atoms with Crippen molar-refractivity contribution in [2.24, 2.45) is 0 Å². The quantitative estimate of drug-likeness (QED) is 0.630. The van der Waals surface area contributed by atoms with Crippen LogP contribution in [0.3, 0.4) is 0 Å². The van der Waals surface area contributed by atoms with Crippen LogP contribution in [0.25, 0.3) is 0 Å². The standard InChI is InChI=1S/C10H12IN2OP/c11-9-5-12-6-10(13-9)15(14,7-1-2-7)8-3-4-8/h5-8H,1-4H2. The molecule has 3 nitrogen and oxygen atoms in total. The first-order chi connectivity index (χ1) is 7.21. The molecule has 1 heterocycles. The van der Waals surface area contributed by atoms with Crippen LogP contribution in [0, 0.1) is 3.70 Å². The lowest BCUT2D eigenvalue weighted by molar-refractivity contribution is 0.578. The number of nitrogens with zero attached hydrogens (tertiary/aromatic N) is 2. The molecule has 2 fully saturated rings. The van der Waals surface area contributed by atoms with Crippen molar-refractivity contribution < 1.29 is 4.57 Å². The largest absolute Gasteiger partial charge is 0.316 e. The van der Waals surface area contributed by atoms with E-state index in [1.807, 2.05) is 0 Å². The second-order valence-corrected chi connectivity index (χ2v) is 8.81. The fraction of sp³-hybridized carbons (Fsp3) is 0.600. The Labute approximate surface area is 103 Å². The molecular formula is C10H12IN2OP. The van der Waals surface area contributed by atoms with E-state index in [1.54, 1.807) is 12.4 Å². The summed E-state index contributed by atoms with van der Waals surface area (Å²) in [5.74, 6) is 0. The summed E-state index contributed by atoms with van der Waals surface area (Å²) in [6.45, 7) is 0. The van der Waals surface area contributed by atoms with Crippen LogP contribution in [0.5, 0.6) is 0 Å². The minimum absolute atomic E-state index is 0.428. The molecule has 80 valence electrons. The Balaban J connectivity index is 2.05. The summed E-state index contributed by atoms with van der Waals surface area (Å²) in [7, 11) is -2.20. The summed E-state index contributed by atoms with van der Waals surface area (Å²) in [5, 5.41) is 0. The van der Waals surface area contributed by atoms with Gasteiger partial charge < -0.3 is 4.57 Å². The highest BCUT2D eigenvalue weighted by atomic mass is 127. The Morgan fingerprint density at radius 1 is 1.20 bits per heavy atom. The van der Waals surface area contributed by atoms with Gasteiger partial charge in [-0.15, -0.1) is 0 Å². The molecule has 0 unspecified atom stereocenters. The zero-order valence-electron chi connectivity index (χ0n) is 8.27. The summed E-state index contributed by atoms with van der Waals surface area (Å²) < 4.78 is 13.8. The zero-order chi connectivity index (χ0) is 10.5. The predicted octanol–water partition coefficient (Wildman–Crippen LogP) is 2.39. The lowest BCUT2D eigenvalue weighted by Crippen LogP contribution is -2.17. The molecule has 2 aliphatic rings. The van der Waals surface area contributed by atoms with E-state index in [1.165, 1.54) is 0 Å². The van der Waals surface area contributed by atoms with Gasteiger partial charge in [-0.25, -0.2) is 4.98 Å². The number of aromatic nitrogens is 2. The molecule has 0 radical (unpaired) electrons. The van der Waals surface area contributed by atoms with E-state index in [4.69, 9.17) is 0 Å². The summed E-state index contributed by atoms with van der Waals surface area (Å²) in [6, 6.07) is 0. The Morgan fingerprint density at radius 3 is 2.27 bits per heavy atom. The Morgan fingerprint density at radius 2 is 1.80 bits per heavy atom. The molecule has 0 bridgehead atoms. The van der Waals surface area contributed by atoms with Crippen molar-refractivity contribution >= 4 is 35.2 Å². The SMILES string of the molecule is O=P(c1cncc(I)n1)(C1CC1)C1CC1. The van der Waals surface area contributed by atoms with Gasteiger partial charge in [0, 0.05) is 11.3 Å². The molecule has 0 aliphatic heterocycles. The van der Waals surface area contributed by atoms with Crippen LogP contribution in [-0.4, -0.2) is 21.3 Å². The molecule has 1 aromatic heterocycles. The monoisotopic (exact) mass is 334 g/mol. The van der Waals surface area contributed by atoms with E-state index < -0.39 is 7.14 Å². The predicted molar refractivity (Wildman–Crippen MR) is 68.0 cm³/mol. The molecule has 0 amide bonds. The topological polar surface area (TPSA) is 42.9 Å². The van der Waals surface area contributed by atoms with Crippen LogP contribution in [0.2, 0.25) is 0 Å². The average molecular weight is 334 g/mol. The fourth-order valence-corrected chi connectivity index (χ4v) is 6.39. The number of halogens is 1. The van der Waals surface area contributed by atoms with E-state index in [-0.39, 0.29) is 0 Å². The third-order valence-electron chi connectivity index (χ3n) is 3.13. The highest BCUT2D eigenvalue weighted by Crippen LogP contribution is 2.68. The molecule has 0 N–H and O–H groups in total. The minimum Gasteiger partial charge on any atom is -0.316 e. The van der Waals surface area contributed by atoms with Gasteiger partial charge in [0.25, 0.3) is 0 Å². The van der Waals surface area contributed by atoms with Crippen LogP contribution >= 0.6 is 29.7 Å². The van der Waals surface area contributed by atoms with Crippen molar-refractivity contribution in [3.63, 3.8) is 0 Å². The molecule has 2 aliphatic carbocycles. The maximum absolute atomic E-state index is 13.0. The zero-order valence-corrected chi connectivity index (χ0v) is 11.3. The second kappa shape index (κ2) is 3.52. The van der Waals surface area contributed by atoms with Gasteiger partial charge in [-0.2, -0.15) is 0 Å². The van der Waals surface area contributed by atoms with E-state index >= 15 is 0 Å². The van der Waals surface area contributed by atoms with Crippen molar-refractivity contribution in [1.82, 2.24) is 9.97 Å². The normalized spacial score (nSPS) is 21.7. The lowest BCUT2D eigenvalue weighted by Gasteiger charge is -2.15. The molecule has 0 saturated heterocycles. The maximum atomic E-state index is 13.0. The van der Waals surface area contributed by atoms with Gasteiger partial charge in [0.2, 0.25) is 0 Å². The summed E-state index contributed by atoms with van der Waals surface area (Å²) >= 11 is 2.14. The van der Waals surface area contributed by atoms with E-state index in [9.17, 15) is 4.57 Å². The Hall–Kier alpha value is 0.0400. The van der Waals surface area contributed by atoms with Crippen molar-refractivity contribution in [2.45, 2.75) is 37.0 Å². The van der Waals surface area contributed by atoms with E-state index in [0.717, 1.165) is 34.8 Å². The molecule has 3 rings (SSSR count). The van der Waals surface area contributed by atoms with Crippen LogP contribution in [0.15, 0.2) is 12.4 Å². The summed E-state index contributed by atoms with van der Waals surface area (Å²) in [4.78, 5) is 8.56. The van der Waals surface area contributed by atoms with Crippen LogP contribution in [0.4, 0.5) is 0 Å². The highest BCUT2D eigenvalue weighted by Gasteiger charge is 2.52. The highest BCUT2D eigenvalue weighted by molar-refractivity contribution is 14.1. The van der Waals surface area contributed by atoms with Gasteiger partial charge in [0.15, 0.2) is 0 Å². The average Bonchev–Trinajstić information content (AvgIpc) is 3.04. The molecule has 0 aromatic carbocycles. The van der Waals surface area contributed by atoms with Gasteiger partial charge in [-0.05, 0) is 48.3 Å². The number of rotatable bonds is 3. The van der Waals surface area contributed by atoms with Crippen LogP contribution < -0.4 is 5.44 Å². The minimum atomic E-state index is -2.20. The Kier molecular flexibility index (Phi) is 2.40. The van der Waals surface area contributed by atoms with Crippen LogP contribution in [0.1, 0.15) is 25.7 Å². The van der Waals surface area contributed by atoms with Crippen molar-refractivity contribution in [3.05, 3.63) is 16.1 Å². The summed E-state index contributed by atoms with van der Waals surface area (Å²) in [5.41, 5.74) is 1.65. The molecule has 15 heavy (non-hydrogen) atoms. The van der Waals surface area contributed by atoms with Gasteiger partial charge in [-0.1, -0.05) is 0 Å². The van der Waals surface area contributed by atoms with Crippen molar-refractivity contribution in [1.29, 1.82) is 0 Å². The molecule has 1 aromatic rings. The number of hydrogen-bond donors (Lipinski definition) is 0. The molecule has 0 atom stereocenters. The third-order valence-corrected chi connectivity index (χ3v) is 7.78. The lowest BCUT2D eigenvalue weighted by atomic mass is 10.8. The Bertz CT molecular complexity index is 427. The van der Waals surface area contributed by atoms with Gasteiger partial charge in [0.05, 0.1) is 12.4 Å². The molecule has 2 saturated carbocycles. The van der Waals surface area contributed by atoms with Crippen molar-refractivity contribution in [2.75, 3.05) is 0 Å². The smallest absolute Gasteiger partial charge is 0.140 e. The molecule has 0 spiro atoms. The fourth-order valence-electron chi connectivity index (χ4n) is 2.09. The first kappa shape index (κ1) is 10.2. The van der Waals surface area contributed by atoms with Crippen molar-refractivity contribution in [3.8, 4) is 0 Å². The van der Waals surface area contributed by atoms with E-state index in [0.29, 0.717) is 11.3 Å². The third kappa shape index (κ3) is 1.76. The molecule has 5 heteroatoms. The van der Waals surface area contributed by atoms with Crippen LogP contribution in [-0.2, 0) is 4.57 Å². The molecular weight excluding hydrogens is 322 g/mol. The summed E-state index contributed by atoms with van der Waals surface area (Å²) in [6.07, 6.45) is 7.94. The maximum Gasteiger partial charge on any atom is 0.140 e. The number of hydrogen-bond acceptors (Lipinski definition) is 3. The second-order valence-electron chi connectivity index (χ2n) is 4.37.